The van der Waals surface area contributed by atoms with E-state index in [1.165, 1.54) is 21.3 Å². The van der Waals surface area contributed by atoms with Crippen molar-refractivity contribution in [3.05, 3.63) is 23.8 Å². The highest BCUT2D eigenvalue weighted by Crippen LogP contribution is 2.50. The predicted molar refractivity (Wildman–Crippen MR) is 81.3 cm³/mol. The number of fused-ring (bicyclic) bond motifs is 1. The molecule has 0 bridgehead atoms. The molecule has 3 rings (SSSR count). The number of likely N-dealkylation sites (N-methyl/N-ethyl adjacent to an activating group) is 1. The second-order valence-electron chi connectivity index (χ2n) is 6.04. The van der Waals surface area contributed by atoms with E-state index >= 15 is 0 Å². The van der Waals surface area contributed by atoms with Crippen molar-refractivity contribution in [2.75, 3.05) is 21.3 Å². The number of ether oxygens (including phenoxy) is 2. The van der Waals surface area contributed by atoms with Gasteiger partial charge in [-0.25, -0.2) is 0 Å². The van der Waals surface area contributed by atoms with Gasteiger partial charge in [-0.15, -0.1) is 0 Å². The van der Waals surface area contributed by atoms with Crippen LogP contribution in [0.2, 0.25) is 0 Å². The van der Waals surface area contributed by atoms with E-state index in [0.717, 1.165) is 4.90 Å². The maximum Gasteiger partial charge on any atom is 0.240 e. The van der Waals surface area contributed by atoms with Crippen LogP contribution in [0.15, 0.2) is 18.2 Å². The third-order valence-corrected chi connectivity index (χ3v) is 5.04. The molecule has 1 aromatic carbocycles. The number of hydrogen-bond acceptors (Lipinski definition) is 5. The van der Waals surface area contributed by atoms with Crippen LogP contribution in [-0.4, -0.2) is 43.8 Å². The van der Waals surface area contributed by atoms with Gasteiger partial charge in [-0.3, -0.25) is 19.3 Å². The molecule has 1 aromatic rings. The van der Waals surface area contributed by atoms with Gasteiger partial charge in [-0.2, -0.15) is 0 Å². The molecule has 2 aliphatic rings. The van der Waals surface area contributed by atoms with Crippen LogP contribution in [0.1, 0.15) is 24.8 Å². The molecule has 0 N–H and O–H groups in total. The monoisotopic (exact) mass is 317 g/mol. The number of imide groups is 1. The molecule has 23 heavy (non-hydrogen) atoms. The van der Waals surface area contributed by atoms with Crippen LogP contribution in [0.25, 0.3) is 0 Å². The van der Waals surface area contributed by atoms with Gasteiger partial charge >= 0.3 is 0 Å². The van der Waals surface area contributed by atoms with Gasteiger partial charge in [0.1, 0.15) is 5.78 Å². The lowest BCUT2D eigenvalue weighted by Gasteiger charge is -2.35. The fourth-order valence-corrected chi connectivity index (χ4v) is 3.78. The zero-order chi connectivity index (χ0) is 16.8. The fraction of sp³-hybridized carbons (Fsp3) is 0.471. The Labute approximate surface area is 134 Å². The number of nitrogens with zero attached hydrogens (tertiary/aromatic N) is 1. The molecule has 1 saturated carbocycles. The lowest BCUT2D eigenvalue weighted by molar-refractivity contribution is -0.138. The first-order chi connectivity index (χ1) is 11.0. The summed E-state index contributed by atoms with van der Waals surface area (Å²) in [5.74, 6) is -0.0574. The number of carbonyl (C=O) groups is 3. The normalized spacial score (nSPS) is 27.2. The minimum Gasteiger partial charge on any atom is -0.493 e. The van der Waals surface area contributed by atoms with Crippen molar-refractivity contribution in [2.24, 2.45) is 5.92 Å². The van der Waals surface area contributed by atoms with Crippen molar-refractivity contribution in [1.82, 2.24) is 4.90 Å². The number of methoxy groups -OCH3 is 2. The van der Waals surface area contributed by atoms with Gasteiger partial charge < -0.3 is 9.47 Å². The Morgan fingerprint density at radius 2 is 1.83 bits per heavy atom. The average molecular weight is 317 g/mol. The second kappa shape index (κ2) is 5.37. The summed E-state index contributed by atoms with van der Waals surface area (Å²) in [6.07, 6.45) is 0.766. The summed E-state index contributed by atoms with van der Waals surface area (Å²) in [5, 5.41) is 0. The molecule has 0 spiro atoms. The molecule has 1 aliphatic heterocycles. The highest BCUT2D eigenvalue weighted by atomic mass is 16.5. The summed E-state index contributed by atoms with van der Waals surface area (Å²) < 4.78 is 10.6. The summed E-state index contributed by atoms with van der Waals surface area (Å²) in [5.41, 5.74) is -0.269. The minimum absolute atomic E-state index is 0.0301. The Morgan fingerprint density at radius 3 is 2.48 bits per heavy atom. The zero-order valence-electron chi connectivity index (χ0n) is 13.4. The molecular formula is C17H19NO5. The summed E-state index contributed by atoms with van der Waals surface area (Å²) in [4.78, 5) is 38.3. The molecule has 0 radical (unpaired) electrons. The third-order valence-electron chi connectivity index (χ3n) is 5.04. The predicted octanol–water partition coefficient (Wildman–Crippen LogP) is 1.31. The number of benzene rings is 1. The van der Waals surface area contributed by atoms with Crippen LogP contribution in [0, 0.1) is 5.92 Å². The van der Waals surface area contributed by atoms with Gasteiger partial charge in [-0.05, 0) is 24.1 Å². The lowest BCUT2D eigenvalue weighted by Crippen LogP contribution is -2.44. The SMILES string of the molecule is COc1ccc([C@]23CCC(=O)C[C@@H]2C(=O)N(C)C3=O)cc1OC. The van der Waals surface area contributed by atoms with Crippen molar-refractivity contribution >= 4 is 17.6 Å². The van der Waals surface area contributed by atoms with Crippen molar-refractivity contribution in [3.8, 4) is 11.5 Å². The number of Topliss-reactive ketones (excluding diaryl/α,β-unsaturated/α-hetero) is 1. The Hall–Kier alpha value is -2.37. The van der Waals surface area contributed by atoms with Crippen molar-refractivity contribution in [2.45, 2.75) is 24.7 Å². The summed E-state index contributed by atoms with van der Waals surface area (Å²) >= 11 is 0. The van der Waals surface area contributed by atoms with E-state index in [1.54, 1.807) is 18.2 Å². The zero-order valence-corrected chi connectivity index (χ0v) is 13.4. The molecule has 6 heteroatoms. The summed E-state index contributed by atoms with van der Waals surface area (Å²) in [6, 6.07) is 5.26. The van der Waals surface area contributed by atoms with E-state index in [2.05, 4.69) is 0 Å². The first kappa shape index (κ1) is 15.5. The van der Waals surface area contributed by atoms with Gasteiger partial charge in [0.15, 0.2) is 11.5 Å². The number of likely N-dealkylation sites (tertiary alicyclic amines) is 1. The molecule has 6 nitrogen and oxygen atoms in total. The quantitative estimate of drug-likeness (QED) is 0.786. The first-order valence-corrected chi connectivity index (χ1v) is 7.52. The van der Waals surface area contributed by atoms with Gasteiger partial charge in [0.25, 0.3) is 0 Å². The molecule has 0 aromatic heterocycles. The van der Waals surface area contributed by atoms with Crippen LogP contribution in [0.3, 0.4) is 0 Å². The van der Waals surface area contributed by atoms with Crippen LogP contribution < -0.4 is 9.47 Å². The smallest absolute Gasteiger partial charge is 0.240 e. The highest BCUT2D eigenvalue weighted by Gasteiger charge is 2.61. The maximum absolute atomic E-state index is 12.9. The summed E-state index contributed by atoms with van der Waals surface area (Å²) in [7, 11) is 4.54. The Morgan fingerprint density at radius 1 is 1.13 bits per heavy atom. The van der Waals surface area contributed by atoms with Gasteiger partial charge in [0.2, 0.25) is 11.8 Å². The molecule has 1 saturated heterocycles. The number of rotatable bonds is 3. The van der Waals surface area contributed by atoms with Crippen LogP contribution in [-0.2, 0) is 19.8 Å². The minimum atomic E-state index is -0.973. The lowest BCUT2D eigenvalue weighted by atomic mass is 9.63. The Bertz CT molecular complexity index is 698. The van der Waals surface area contributed by atoms with Crippen LogP contribution >= 0.6 is 0 Å². The van der Waals surface area contributed by atoms with Crippen molar-refractivity contribution in [1.29, 1.82) is 0 Å². The largest absolute Gasteiger partial charge is 0.493 e. The Balaban J connectivity index is 2.16. The molecular weight excluding hydrogens is 298 g/mol. The highest BCUT2D eigenvalue weighted by molar-refractivity contribution is 6.12. The number of hydrogen-bond donors (Lipinski definition) is 0. The topological polar surface area (TPSA) is 72.9 Å². The Kier molecular flexibility index (Phi) is 3.62. The van der Waals surface area contributed by atoms with E-state index in [-0.39, 0.29) is 24.0 Å². The van der Waals surface area contributed by atoms with E-state index < -0.39 is 11.3 Å². The van der Waals surface area contributed by atoms with E-state index in [0.29, 0.717) is 29.9 Å². The molecule has 2 amide bonds. The molecule has 1 heterocycles. The van der Waals surface area contributed by atoms with Gasteiger partial charge in [0, 0.05) is 19.9 Å². The molecule has 0 unspecified atom stereocenters. The number of carbonyl (C=O) groups excluding carboxylic acids is 3. The van der Waals surface area contributed by atoms with Gasteiger partial charge in [-0.1, -0.05) is 6.07 Å². The van der Waals surface area contributed by atoms with Crippen molar-refractivity contribution in [3.63, 3.8) is 0 Å². The fourth-order valence-electron chi connectivity index (χ4n) is 3.78. The number of ketones is 1. The summed E-state index contributed by atoms with van der Waals surface area (Å²) in [6.45, 7) is 0. The number of amides is 2. The first-order valence-electron chi connectivity index (χ1n) is 7.52. The van der Waals surface area contributed by atoms with E-state index in [9.17, 15) is 14.4 Å². The standard InChI is InChI=1S/C17H19NO5/c1-18-15(20)12-9-11(19)6-7-17(12,16(18)21)10-4-5-13(22-2)14(8-10)23-3/h4-5,8,12H,6-7,9H2,1-3H3/t12-,17-/m1/s1. The average Bonchev–Trinajstić information content (AvgIpc) is 2.76. The van der Waals surface area contributed by atoms with E-state index in [1.807, 2.05) is 0 Å². The maximum atomic E-state index is 12.9. The third kappa shape index (κ3) is 2.04. The van der Waals surface area contributed by atoms with Gasteiger partial charge in [0.05, 0.1) is 25.6 Å². The molecule has 122 valence electrons. The van der Waals surface area contributed by atoms with Crippen molar-refractivity contribution < 1.29 is 23.9 Å². The molecule has 1 aliphatic carbocycles. The van der Waals surface area contributed by atoms with E-state index in [4.69, 9.17) is 9.47 Å². The second-order valence-corrected chi connectivity index (χ2v) is 6.04. The molecule has 2 fully saturated rings. The molecule has 2 atom stereocenters. The van der Waals surface area contributed by atoms with Crippen LogP contribution in [0.4, 0.5) is 0 Å². The van der Waals surface area contributed by atoms with Crippen LogP contribution in [0.5, 0.6) is 11.5 Å².